The van der Waals surface area contributed by atoms with Crippen LogP contribution in [0.2, 0.25) is 5.02 Å². The minimum atomic E-state index is -0.343. The molecule has 1 saturated heterocycles. The van der Waals surface area contributed by atoms with Gasteiger partial charge in [-0.3, -0.25) is 15.0 Å². The predicted octanol–water partition coefficient (Wildman–Crippen LogP) is 5.39. The highest BCUT2D eigenvalue weighted by Crippen LogP contribution is 2.36. The van der Waals surface area contributed by atoms with Crippen LogP contribution in [0.3, 0.4) is 0 Å². The number of hydrogen-bond acceptors (Lipinski definition) is 5. The molecule has 0 radical (unpaired) electrons. The standard InChI is InChI=1S/C18H17ClFN3OS2/c19-15-13-5-4-11(20)8-14(13)26-16(15)17(24)22-18-21-12(10-25-18)9-23-6-2-1-3-7-23/h4-5,8,10H,1-3,6-7,9H2,(H,21,22,24). The van der Waals surface area contributed by atoms with Crippen LogP contribution in [0.15, 0.2) is 23.6 Å². The van der Waals surface area contributed by atoms with Crippen molar-refractivity contribution in [3.8, 4) is 0 Å². The maximum absolute atomic E-state index is 13.4. The second-order valence-electron chi connectivity index (χ2n) is 6.32. The Kier molecular flexibility index (Phi) is 5.22. The van der Waals surface area contributed by atoms with Crippen molar-refractivity contribution in [1.29, 1.82) is 0 Å². The van der Waals surface area contributed by atoms with E-state index in [2.05, 4.69) is 15.2 Å². The monoisotopic (exact) mass is 409 g/mol. The largest absolute Gasteiger partial charge is 0.297 e. The fourth-order valence-corrected chi connectivity index (χ4v) is 5.26. The molecule has 0 spiro atoms. The van der Waals surface area contributed by atoms with Crippen molar-refractivity contribution in [3.63, 3.8) is 0 Å². The molecule has 0 atom stereocenters. The van der Waals surface area contributed by atoms with Crippen LogP contribution in [-0.2, 0) is 6.54 Å². The number of thiazole rings is 1. The molecular formula is C18H17ClFN3OS2. The molecule has 3 heterocycles. The summed E-state index contributed by atoms with van der Waals surface area (Å²) < 4.78 is 14.0. The lowest BCUT2D eigenvalue weighted by molar-refractivity contribution is 0.103. The topological polar surface area (TPSA) is 45.2 Å². The van der Waals surface area contributed by atoms with Crippen LogP contribution in [-0.4, -0.2) is 28.9 Å². The fourth-order valence-electron chi connectivity index (χ4n) is 3.12. The number of nitrogens with one attached hydrogen (secondary N) is 1. The van der Waals surface area contributed by atoms with Crippen LogP contribution in [0.25, 0.3) is 10.1 Å². The van der Waals surface area contributed by atoms with Gasteiger partial charge in [-0.1, -0.05) is 18.0 Å². The molecular weight excluding hydrogens is 393 g/mol. The van der Waals surface area contributed by atoms with Crippen LogP contribution < -0.4 is 5.32 Å². The number of carbonyl (C=O) groups is 1. The zero-order valence-electron chi connectivity index (χ0n) is 13.9. The van der Waals surface area contributed by atoms with Gasteiger partial charge in [0, 0.05) is 22.0 Å². The normalized spacial score (nSPS) is 15.5. The first-order valence-electron chi connectivity index (χ1n) is 8.46. The summed E-state index contributed by atoms with van der Waals surface area (Å²) in [6.45, 7) is 3.02. The Balaban J connectivity index is 1.47. The Morgan fingerprint density at radius 2 is 2.12 bits per heavy atom. The summed E-state index contributed by atoms with van der Waals surface area (Å²) in [6, 6.07) is 4.33. The average Bonchev–Trinajstić information content (AvgIpc) is 3.20. The van der Waals surface area contributed by atoms with Crippen LogP contribution in [0.4, 0.5) is 9.52 Å². The number of amides is 1. The van der Waals surface area contributed by atoms with Crippen molar-refractivity contribution in [3.05, 3.63) is 45.0 Å². The van der Waals surface area contributed by atoms with Gasteiger partial charge in [-0.25, -0.2) is 9.37 Å². The van der Waals surface area contributed by atoms with Crippen molar-refractivity contribution in [2.75, 3.05) is 18.4 Å². The highest BCUT2D eigenvalue weighted by molar-refractivity contribution is 7.21. The first-order valence-corrected chi connectivity index (χ1v) is 10.5. The van der Waals surface area contributed by atoms with Gasteiger partial charge in [0.05, 0.1) is 10.7 Å². The molecule has 1 aliphatic heterocycles. The second-order valence-corrected chi connectivity index (χ2v) is 8.61. The molecule has 4 rings (SSSR count). The van der Waals surface area contributed by atoms with Crippen molar-refractivity contribution in [2.45, 2.75) is 25.8 Å². The number of anilines is 1. The lowest BCUT2D eigenvalue weighted by atomic mass is 10.1. The van der Waals surface area contributed by atoms with Gasteiger partial charge in [0.2, 0.25) is 0 Å². The molecule has 1 N–H and O–H groups in total. The van der Waals surface area contributed by atoms with Crippen LogP contribution in [0, 0.1) is 5.82 Å². The van der Waals surface area contributed by atoms with Gasteiger partial charge in [-0.05, 0) is 44.1 Å². The Morgan fingerprint density at radius 3 is 2.92 bits per heavy atom. The summed E-state index contributed by atoms with van der Waals surface area (Å²) in [6.07, 6.45) is 3.77. The summed E-state index contributed by atoms with van der Waals surface area (Å²) in [5.41, 5.74) is 0.969. The van der Waals surface area contributed by atoms with Gasteiger partial charge in [0.1, 0.15) is 10.7 Å². The molecule has 0 saturated carbocycles. The van der Waals surface area contributed by atoms with E-state index < -0.39 is 0 Å². The van der Waals surface area contributed by atoms with Crippen LogP contribution in [0.1, 0.15) is 34.6 Å². The van der Waals surface area contributed by atoms with E-state index >= 15 is 0 Å². The first kappa shape index (κ1) is 17.9. The van der Waals surface area contributed by atoms with E-state index in [1.807, 2.05) is 5.38 Å². The molecule has 3 aromatic rings. The van der Waals surface area contributed by atoms with Crippen molar-refractivity contribution >= 4 is 55.4 Å². The number of likely N-dealkylation sites (tertiary alicyclic amines) is 1. The highest BCUT2D eigenvalue weighted by Gasteiger charge is 2.19. The average molecular weight is 410 g/mol. The van der Waals surface area contributed by atoms with Gasteiger partial charge >= 0.3 is 0 Å². The Hall–Kier alpha value is -1.54. The molecule has 1 aliphatic rings. The van der Waals surface area contributed by atoms with Crippen LogP contribution in [0.5, 0.6) is 0 Å². The van der Waals surface area contributed by atoms with Crippen molar-refractivity contribution in [2.24, 2.45) is 0 Å². The minimum Gasteiger partial charge on any atom is -0.297 e. The zero-order valence-corrected chi connectivity index (χ0v) is 16.3. The van der Waals surface area contributed by atoms with Gasteiger partial charge in [0.15, 0.2) is 5.13 Å². The quantitative estimate of drug-likeness (QED) is 0.628. The summed E-state index contributed by atoms with van der Waals surface area (Å²) >= 11 is 8.90. The number of carbonyl (C=O) groups excluding carboxylic acids is 1. The smallest absolute Gasteiger partial charge is 0.269 e. The number of hydrogen-bond donors (Lipinski definition) is 1. The summed E-state index contributed by atoms with van der Waals surface area (Å²) in [4.78, 5) is 19.8. The van der Waals surface area contributed by atoms with Crippen LogP contribution >= 0.6 is 34.3 Å². The summed E-state index contributed by atoms with van der Waals surface area (Å²) in [5.74, 6) is -0.653. The lowest BCUT2D eigenvalue weighted by Gasteiger charge is -2.25. The zero-order chi connectivity index (χ0) is 18.1. The van der Waals surface area contributed by atoms with E-state index in [1.54, 1.807) is 6.07 Å². The molecule has 8 heteroatoms. The number of halogens is 2. The molecule has 26 heavy (non-hydrogen) atoms. The molecule has 0 bridgehead atoms. The lowest BCUT2D eigenvalue weighted by Crippen LogP contribution is -2.29. The molecule has 0 aliphatic carbocycles. The molecule has 2 aromatic heterocycles. The van der Waals surface area contributed by atoms with Gasteiger partial charge in [-0.15, -0.1) is 22.7 Å². The van der Waals surface area contributed by atoms with E-state index in [4.69, 9.17) is 11.6 Å². The summed E-state index contributed by atoms with van der Waals surface area (Å²) in [5, 5.41) is 6.39. The Morgan fingerprint density at radius 1 is 1.31 bits per heavy atom. The Bertz CT molecular complexity index is 949. The predicted molar refractivity (Wildman–Crippen MR) is 106 cm³/mol. The fraction of sp³-hybridized carbons (Fsp3) is 0.333. The SMILES string of the molecule is O=C(Nc1nc(CN2CCCCC2)cs1)c1sc2cc(F)ccc2c1Cl. The minimum absolute atomic E-state index is 0.310. The van der Waals surface area contributed by atoms with E-state index in [1.165, 1.54) is 54.1 Å². The number of piperidine rings is 1. The maximum Gasteiger partial charge on any atom is 0.269 e. The Labute approximate surface area is 163 Å². The number of aromatic nitrogens is 1. The van der Waals surface area contributed by atoms with Gasteiger partial charge < -0.3 is 0 Å². The molecule has 4 nitrogen and oxygen atoms in total. The number of thiophene rings is 1. The first-order chi connectivity index (χ1) is 12.6. The highest BCUT2D eigenvalue weighted by atomic mass is 35.5. The number of fused-ring (bicyclic) bond motifs is 1. The second kappa shape index (κ2) is 7.60. The molecule has 136 valence electrons. The molecule has 0 unspecified atom stereocenters. The number of rotatable bonds is 4. The summed E-state index contributed by atoms with van der Waals surface area (Å²) in [7, 11) is 0. The van der Waals surface area contributed by atoms with Gasteiger partial charge in [-0.2, -0.15) is 0 Å². The third-order valence-electron chi connectivity index (χ3n) is 4.40. The van der Waals surface area contributed by atoms with E-state index in [0.29, 0.717) is 25.1 Å². The van der Waals surface area contributed by atoms with Crippen molar-refractivity contribution in [1.82, 2.24) is 9.88 Å². The van der Waals surface area contributed by atoms with E-state index in [9.17, 15) is 9.18 Å². The van der Waals surface area contributed by atoms with E-state index in [0.717, 1.165) is 25.3 Å². The maximum atomic E-state index is 13.4. The number of benzene rings is 1. The molecule has 1 aromatic carbocycles. The third-order valence-corrected chi connectivity index (χ3v) is 6.87. The molecule has 1 amide bonds. The van der Waals surface area contributed by atoms with Crippen molar-refractivity contribution < 1.29 is 9.18 Å². The molecule has 1 fully saturated rings. The van der Waals surface area contributed by atoms with E-state index in [-0.39, 0.29) is 11.7 Å². The van der Waals surface area contributed by atoms with Gasteiger partial charge in [0.25, 0.3) is 5.91 Å². The number of nitrogens with zero attached hydrogens (tertiary/aromatic N) is 2. The third kappa shape index (κ3) is 3.76.